The molecule has 0 saturated heterocycles. The minimum Gasteiger partial charge on any atom is -0.493 e. The average molecular weight is 405 g/mol. The highest BCUT2D eigenvalue weighted by Crippen LogP contribution is 2.22. The Morgan fingerprint density at radius 3 is 2.73 bits per heavy atom. The van der Waals surface area contributed by atoms with Crippen LogP contribution in [0.4, 0.5) is 11.6 Å². The fraction of sp³-hybridized carbons (Fsp3) is 0.211. The van der Waals surface area contributed by atoms with Crippen LogP contribution in [0.2, 0.25) is 0 Å². The second-order valence-electron chi connectivity index (χ2n) is 7.05. The van der Waals surface area contributed by atoms with Crippen molar-refractivity contribution >= 4 is 23.4 Å². The lowest BCUT2D eigenvalue weighted by atomic mass is 10.2. The lowest BCUT2D eigenvalue weighted by Crippen LogP contribution is -2.24. The number of hydrogen-bond donors (Lipinski definition) is 5. The normalized spacial score (nSPS) is 15.2. The third-order valence-electron chi connectivity index (χ3n) is 4.70. The number of benzene rings is 1. The number of nitrogens with one attached hydrogen (secondary N) is 3. The van der Waals surface area contributed by atoms with Crippen LogP contribution in [-0.2, 0) is 6.54 Å². The minimum absolute atomic E-state index is 0.237. The molecule has 30 heavy (non-hydrogen) atoms. The highest BCUT2D eigenvalue weighted by molar-refractivity contribution is 5.59. The second kappa shape index (κ2) is 7.12. The summed E-state index contributed by atoms with van der Waals surface area (Å²) in [6.07, 6.45) is 5.21. The van der Waals surface area contributed by atoms with E-state index >= 15 is 0 Å². The highest BCUT2D eigenvalue weighted by atomic mass is 16.3. The van der Waals surface area contributed by atoms with Gasteiger partial charge in [0, 0.05) is 17.5 Å². The van der Waals surface area contributed by atoms with Crippen LogP contribution in [0.1, 0.15) is 24.1 Å². The molecule has 0 spiro atoms. The number of anilines is 2. The van der Waals surface area contributed by atoms with Crippen molar-refractivity contribution in [3.63, 3.8) is 0 Å². The lowest BCUT2D eigenvalue weighted by Gasteiger charge is -2.06. The monoisotopic (exact) mass is 405 g/mol. The van der Waals surface area contributed by atoms with E-state index in [1.807, 2.05) is 24.3 Å². The summed E-state index contributed by atoms with van der Waals surface area (Å²) in [6.45, 7) is 0.469. The maximum atomic E-state index is 11.4. The number of aromatic hydroxyl groups is 1. The van der Waals surface area contributed by atoms with Crippen LogP contribution < -0.4 is 27.6 Å². The summed E-state index contributed by atoms with van der Waals surface area (Å²) in [7, 11) is 0. The molecule has 11 nitrogen and oxygen atoms in total. The van der Waals surface area contributed by atoms with Crippen molar-refractivity contribution in [3.8, 4) is 5.88 Å². The summed E-state index contributed by atoms with van der Waals surface area (Å²) in [5.41, 5.74) is 8.16. The molecule has 1 aliphatic rings. The van der Waals surface area contributed by atoms with Gasteiger partial charge < -0.3 is 21.1 Å². The molecule has 0 bridgehead atoms. The molecule has 6 N–H and O–H groups in total. The summed E-state index contributed by atoms with van der Waals surface area (Å²) in [6, 6.07) is 7.90. The molecule has 5 rings (SSSR count). The Morgan fingerprint density at radius 2 is 2.07 bits per heavy atom. The highest BCUT2D eigenvalue weighted by Gasteiger charge is 2.21. The van der Waals surface area contributed by atoms with Gasteiger partial charge in [0.15, 0.2) is 5.65 Å². The molecule has 0 radical (unpaired) electrons. The van der Waals surface area contributed by atoms with E-state index in [4.69, 9.17) is 5.73 Å². The van der Waals surface area contributed by atoms with E-state index in [1.54, 1.807) is 16.8 Å². The van der Waals surface area contributed by atoms with Crippen molar-refractivity contribution in [1.29, 1.82) is 0 Å². The molecule has 1 fully saturated rings. The zero-order valence-corrected chi connectivity index (χ0v) is 15.8. The van der Waals surface area contributed by atoms with Crippen molar-refractivity contribution in [2.45, 2.75) is 25.4 Å². The molecule has 1 aromatic carbocycles. The fourth-order valence-corrected chi connectivity index (χ4v) is 2.99. The molecule has 0 amide bonds. The van der Waals surface area contributed by atoms with Crippen LogP contribution >= 0.6 is 0 Å². The number of hydrogen-bond acceptors (Lipinski definition) is 8. The zero-order chi connectivity index (χ0) is 20.7. The summed E-state index contributed by atoms with van der Waals surface area (Å²) in [4.78, 5) is 30.0. The first-order valence-electron chi connectivity index (χ1n) is 9.48. The first-order chi connectivity index (χ1) is 14.6. The van der Waals surface area contributed by atoms with E-state index in [0.29, 0.717) is 29.0 Å². The molecular formula is C19H19N9O2. The Morgan fingerprint density at radius 1 is 1.27 bits per heavy atom. The van der Waals surface area contributed by atoms with Crippen LogP contribution in [-0.4, -0.2) is 40.7 Å². The molecule has 0 atom stereocenters. The van der Waals surface area contributed by atoms with Gasteiger partial charge in [0.25, 0.3) is 5.62 Å². The van der Waals surface area contributed by atoms with Gasteiger partial charge in [0.2, 0.25) is 11.8 Å². The summed E-state index contributed by atoms with van der Waals surface area (Å²) < 4.78 is 1.55. The predicted octanol–water partition coefficient (Wildman–Crippen LogP) is -0.341. The van der Waals surface area contributed by atoms with Gasteiger partial charge in [-0.05, 0) is 36.6 Å². The summed E-state index contributed by atoms with van der Waals surface area (Å²) in [5, 5.41) is 18.0. The molecule has 0 aliphatic heterocycles. The first kappa shape index (κ1) is 18.1. The Bertz CT molecular complexity index is 1390. The van der Waals surface area contributed by atoms with Crippen molar-refractivity contribution in [2.75, 3.05) is 5.32 Å². The van der Waals surface area contributed by atoms with Crippen molar-refractivity contribution in [3.05, 3.63) is 63.0 Å². The van der Waals surface area contributed by atoms with Gasteiger partial charge in [-0.25, -0.2) is 9.79 Å². The number of nitrogens with zero attached hydrogens (tertiary/aromatic N) is 5. The first-order valence-corrected chi connectivity index (χ1v) is 9.48. The van der Waals surface area contributed by atoms with Gasteiger partial charge >= 0.3 is 5.69 Å². The number of H-pyrrole nitrogens is 2. The largest absolute Gasteiger partial charge is 0.493 e. The number of fused-ring (bicyclic) bond motifs is 1. The Labute approximate surface area is 169 Å². The zero-order valence-electron chi connectivity index (χ0n) is 15.8. The molecule has 152 valence electrons. The smallest absolute Gasteiger partial charge is 0.326 e. The van der Waals surface area contributed by atoms with Gasteiger partial charge in [0.1, 0.15) is 5.69 Å². The second-order valence-corrected chi connectivity index (χ2v) is 7.05. The molecule has 1 saturated carbocycles. The molecule has 0 unspecified atom stereocenters. The van der Waals surface area contributed by atoms with Crippen LogP contribution in [0.25, 0.3) is 11.7 Å². The molecule has 3 aromatic heterocycles. The maximum absolute atomic E-state index is 11.4. The average Bonchev–Trinajstić information content (AvgIpc) is 3.37. The van der Waals surface area contributed by atoms with E-state index in [-0.39, 0.29) is 17.6 Å². The molecule has 4 aromatic rings. The van der Waals surface area contributed by atoms with Crippen LogP contribution in [0, 0.1) is 0 Å². The number of aromatic amines is 2. The predicted molar refractivity (Wildman–Crippen MR) is 109 cm³/mol. The summed E-state index contributed by atoms with van der Waals surface area (Å²) >= 11 is 0. The molecule has 11 heteroatoms. The van der Waals surface area contributed by atoms with Gasteiger partial charge in [-0.2, -0.15) is 19.6 Å². The topological polar surface area (TPSA) is 162 Å². The number of nitrogens with two attached hydrogens (primary N) is 1. The van der Waals surface area contributed by atoms with Crippen molar-refractivity contribution in [1.82, 2.24) is 29.5 Å². The van der Waals surface area contributed by atoms with Crippen molar-refractivity contribution < 1.29 is 5.11 Å². The Balaban J connectivity index is 1.64. The molecule has 3 heterocycles. The number of imidazole rings is 1. The van der Waals surface area contributed by atoms with E-state index in [0.717, 1.165) is 24.1 Å². The van der Waals surface area contributed by atoms with Crippen LogP contribution in [0.5, 0.6) is 5.88 Å². The Kier molecular flexibility index (Phi) is 4.29. The van der Waals surface area contributed by atoms with Gasteiger partial charge in [-0.3, -0.25) is 4.98 Å². The fourth-order valence-electron chi connectivity index (χ4n) is 2.99. The Hall–Kier alpha value is -3.99. The van der Waals surface area contributed by atoms with Gasteiger partial charge in [0.05, 0.1) is 12.2 Å². The van der Waals surface area contributed by atoms with Gasteiger partial charge in [-0.1, -0.05) is 12.1 Å². The van der Waals surface area contributed by atoms with Crippen LogP contribution in [0.3, 0.4) is 0 Å². The minimum atomic E-state index is -0.502. The molecule has 1 aliphatic carbocycles. The lowest BCUT2D eigenvalue weighted by molar-refractivity contribution is 0.454. The van der Waals surface area contributed by atoms with E-state index in [9.17, 15) is 9.90 Å². The summed E-state index contributed by atoms with van der Waals surface area (Å²) in [5.74, 6) is 0.110. The SMILES string of the molecule is NCc1ccc(Nc2nc(=NC3CC3)n3nc/c(=C\c4[nH]c(=O)[nH]c4O)c3n2)cc1. The maximum Gasteiger partial charge on any atom is 0.326 e. The molecular weight excluding hydrogens is 386 g/mol. The van der Waals surface area contributed by atoms with E-state index in [2.05, 4.69) is 35.3 Å². The quantitative estimate of drug-likeness (QED) is 0.303. The van der Waals surface area contributed by atoms with Crippen molar-refractivity contribution in [2.24, 2.45) is 10.7 Å². The van der Waals surface area contributed by atoms with E-state index < -0.39 is 5.69 Å². The van der Waals surface area contributed by atoms with Crippen LogP contribution in [0.15, 0.2) is 40.2 Å². The number of rotatable bonds is 5. The third-order valence-corrected chi connectivity index (χ3v) is 4.70. The number of aromatic nitrogens is 6. The third kappa shape index (κ3) is 3.53. The van der Waals surface area contributed by atoms with Gasteiger partial charge in [-0.15, -0.1) is 0 Å². The van der Waals surface area contributed by atoms with E-state index in [1.165, 1.54) is 0 Å². The standard InChI is InChI=1S/C19H19N9O2/c20-8-10-1-3-12(4-2-10)22-17-25-15-11(7-14-16(29)26-19(30)24-14)9-21-28(15)18(27-17)23-13-5-6-13/h1-4,7,9,13,29H,5-6,8,20H2,(H,22,23,27)(H2,24,26,30)/b11-7+.